The van der Waals surface area contributed by atoms with E-state index in [9.17, 15) is 19.5 Å². The van der Waals surface area contributed by atoms with Crippen molar-refractivity contribution in [2.24, 2.45) is 0 Å². The van der Waals surface area contributed by atoms with Gasteiger partial charge in [0.2, 0.25) is 0 Å². The zero-order chi connectivity index (χ0) is 25.0. The van der Waals surface area contributed by atoms with Gasteiger partial charge in [0.25, 0.3) is 5.91 Å². The van der Waals surface area contributed by atoms with E-state index in [2.05, 4.69) is 27.9 Å². The summed E-state index contributed by atoms with van der Waals surface area (Å²) in [7, 11) is 0. The van der Waals surface area contributed by atoms with Crippen molar-refractivity contribution < 1.29 is 33.9 Å². The van der Waals surface area contributed by atoms with Gasteiger partial charge in [0.15, 0.2) is 11.5 Å². The van der Waals surface area contributed by atoms with Gasteiger partial charge in [-0.15, -0.1) is 0 Å². The van der Waals surface area contributed by atoms with E-state index in [4.69, 9.17) is 14.4 Å². The number of hydrogen-bond donors (Lipinski definition) is 4. The number of amides is 2. The van der Waals surface area contributed by atoms with Crippen molar-refractivity contribution in [2.75, 3.05) is 13.2 Å². The predicted molar refractivity (Wildman–Crippen MR) is 124 cm³/mol. The number of hydrogen-bond acceptors (Lipinski definition) is 7. The van der Waals surface area contributed by atoms with Crippen LogP contribution in [-0.2, 0) is 16.1 Å². The topological polar surface area (TPSA) is 151 Å². The fraction of sp³-hybridized carbons (Fsp3) is 0.280. The molecule has 0 fully saturated rings. The first kappa shape index (κ1) is 24.0. The number of fused-ring (bicyclic) bond motifs is 3. The summed E-state index contributed by atoms with van der Waals surface area (Å²) in [5.41, 5.74) is 2.80. The molecule has 0 saturated carbocycles. The van der Waals surface area contributed by atoms with Gasteiger partial charge in [0.05, 0.1) is 18.6 Å². The lowest BCUT2D eigenvalue weighted by Crippen LogP contribution is -2.42. The molecule has 2 aromatic carbocycles. The lowest BCUT2D eigenvalue weighted by molar-refractivity contribution is -0.141. The minimum atomic E-state index is -1.61. The van der Waals surface area contributed by atoms with Crippen LogP contribution in [0, 0.1) is 0 Å². The van der Waals surface area contributed by atoms with Gasteiger partial charge in [-0.25, -0.2) is 4.79 Å². The van der Waals surface area contributed by atoms with Crippen LogP contribution in [0.25, 0.3) is 11.1 Å². The highest BCUT2D eigenvalue weighted by Crippen LogP contribution is 2.44. The van der Waals surface area contributed by atoms with Crippen LogP contribution < -0.4 is 10.6 Å². The Morgan fingerprint density at radius 1 is 1.06 bits per heavy atom. The Kier molecular flexibility index (Phi) is 6.83. The van der Waals surface area contributed by atoms with Crippen molar-refractivity contribution in [3.05, 3.63) is 77.2 Å². The molecule has 0 spiro atoms. The number of carbonyl (C=O) groups is 3. The molecule has 1 heterocycles. The van der Waals surface area contributed by atoms with Crippen LogP contribution in [0.5, 0.6) is 0 Å². The first-order valence-corrected chi connectivity index (χ1v) is 11.0. The second-order valence-corrected chi connectivity index (χ2v) is 8.61. The largest absolute Gasteiger partial charge is 0.481 e. The molecule has 10 nitrogen and oxygen atoms in total. The SMILES string of the molecule is CC(O)(CNC(=O)c1cc(CNC(=O)OCC2c3ccccc3-c3ccccc32)on1)CC(=O)O. The molecule has 1 atom stereocenters. The van der Waals surface area contributed by atoms with Crippen LogP contribution >= 0.6 is 0 Å². The average molecular weight is 479 g/mol. The molecule has 1 aliphatic carbocycles. The molecule has 0 saturated heterocycles. The van der Waals surface area contributed by atoms with Crippen LogP contribution in [0.4, 0.5) is 4.79 Å². The van der Waals surface area contributed by atoms with Gasteiger partial charge >= 0.3 is 12.1 Å². The zero-order valence-corrected chi connectivity index (χ0v) is 19.0. The first-order valence-electron chi connectivity index (χ1n) is 11.0. The van der Waals surface area contributed by atoms with Crippen LogP contribution in [0.3, 0.4) is 0 Å². The molecule has 4 rings (SSSR count). The lowest BCUT2D eigenvalue weighted by atomic mass is 9.98. The number of carboxylic acid groups (broad SMARTS) is 1. The molecule has 2 amide bonds. The van der Waals surface area contributed by atoms with Crippen molar-refractivity contribution >= 4 is 18.0 Å². The quantitative estimate of drug-likeness (QED) is 0.366. The van der Waals surface area contributed by atoms with Gasteiger partial charge < -0.3 is 30.1 Å². The Morgan fingerprint density at radius 3 is 2.31 bits per heavy atom. The summed E-state index contributed by atoms with van der Waals surface area (Å²) in [5.74, 6) is -1.67. The maximum Gasteiger partial charge on any atom is 0.407 e. The molecule has 0 radical (unpaired) electrons. The maximum atomic E-state index is 12.3. The van der Waals surface area contributed by atoms with Crippen molar-refractivity contribution in [1.82, 2.24) is 15.8 Å². The van der Waals surface area contributed by atoms with E-state index in [1.807, 2.05) is 36.4 Å². The molecule has 182 valence electrons. The van der Waals surface area contributed by atoms with E-state index in [0.717, 1.165) is 22.3 Å². The number of carbonyl (C=O) groups excluding carboxylic acids is 2. The molecule has 35 heavy (non-hydrogen) atoms. The van der Waals surface area contributed by atoms with Crippen LogP contribution in [0.15, 0.2) is 59.1 Å². The highest BCUT2D eigenvalue weighted by atomic mass is 16.5. The summed E-state index contributed by atoms with van der Waals surface area (Å²) in [4.78, 5) is 35.2. The maximum absolute atomic E-state index is 12.3. The number of aliphatic hydroxyl groups is 1. The minimum Gasteiger partial charge on any atom is -0.481 e. The highest BCUT2D eigenvalue weighted by molar-refractivity contribution is 5.92. The van der Waals surface area contributed by atoms with Crippen LogP contribution in [0.2, 0.25) is 0 Å². The third-order valence-corrected chi connectivity index (χ3v) is 5.70. The molecule has 4 N–H and O–H groups in total. The summed E-state index contributed by atoms with van der Waals surface area (Å²) in [5, 5.41) is 27.4. The number of carboxylic acids is 1. The Hall–Kier alpha value is -4.18. The standard InChI is InChI=1S/C25H25N3O7/c1-25(33,11-22(29)30)14-27-23(31)21-10-15(35-28-21)12-26-24(32)34-13-20-18-8-4-2-6-16(18)17-7-3-5-9-19(17)20/h2-10,20,33H,11-14H2,1H3,(H,26,32)(H,27,31)(H,29,30). The third-order valence-electron chi connectivity index (χ3n) is 5.70. The molecule has 0 bridgehead atoms. The molecular weight excluding hydrogens is 454 g/mol. The van der Waals surface area contributed by atoms with E-state index in [1.165, 1.54) is 13.0 Å². The Bertz CT molecular complexity index is 1210. The molecule has 1 aliphatic rings. The number of alkyl carbamates (subject to hydrolysis) is 1. The Balaban J connectivity index is 1.27. The fourth-order valence-electron chi connectivity index (χ4n) is 4.06. The molecular formula is C25H25N3O7. The number of ether oxygens (including phenoxy) is 1. The van der Waals surface area contributed by atoms with Gasteiger partial charge in [-0.05, 0) is 29.2 Å². The number of nitrogens with zero attached hydrogens (tertiary/aromatic N) is 1. The third kappa shape index (κ3) is 5.67. The van der Waals surface area contributed by atoms with Gasteiger partial charge in [-0.1, -0.05) is 53.7 Å². The molecule has 1 aromatic heterocycles. The van der Waals surface area contributed by atoms with Crippen molar-refractivity contribution in [1.29, 1.82) is 0 Å². The second-order valence-electron chi connectivity index (χ2n) is 8.61. The van der Waals surface area contributed by atoms with E-state index in [0.29, 0.717) is 0 Å². The van der Waals surface area contributed by atoms with Crippen LogP contribution in [-0.4, -0.2) is 52.1 Å². The Morgan fingerprint density at radius 2 is 1.69 bits per heavy atom. The molecule has 0 aliphatic heterocycles. The number of benzene rings is 2. The van der Waals surface area contributed by atoms with Gasteiger partial charge in [-0.3, -0.25) is 9.59 Å². The molecule has 1 unspecified atom stereocenters. The first-order chi connectivity index (χ1) is 16.7. The summed E-state index contributed by atoms with van der Waals surface area (Å²) in [6.07, 6.45) is -1.17. The van der Waals surface area contributed by atoms with E-state index >= 15 is 0 Å². The Labute approximate surface area is 200 Å². The normalized spacial score (nSPS) is 13.9. The number of rotatable bonds is 9. The minimum absolute atomic E-state index is 0.0479. The van der Waals surface area contributed by atoms with E-state index in [1.54, 1.807) is 0 Å². The second kappa shape index (κ2) is 9.98. The number of aromatic nitrogens is 1. The van der Waals surface area contributed by atoms with E-state index < -0.39 is 30.0 Å². The number of nitrogens with one attached hydrogen (secondary N) is 2. The number of aliphatic carboxylic acids is 1. The monoisotopic (exact) mass is 479 g/mol. The fourth-order valence-corrected chi connectivity index (χ4v) is 4.06. The zero-order valence-electron chi connectivity index (χ0n) is 19.0. The van der Waals surface area contributed by atoms with E-state index in [-0.39, 0.29) is 37.1 Å². The van der Waals surface area contributed by atoms with Crippen molar-refractivity contribution in [2.45, 2.75) is 31.4 Å². The highest BCUT2D eigenvalue weighted by Gasteiger charge is 2.29. The summed E-state index contributed by atoms with van der Waals surface area (Å²) in [6.45, 7) is 1.14. The smallest absolute Gasteiger partial charge is 0.407 e. The summed E-state index contributed by atoms with van der Waals surface area (Å²) in [6, 6.07) is 17.4. The molecule has 10 heteroatoms. The van der Waals surface area contributed by atoms with Gasteiger partial charge in [-0.2, -0.15) is 0 Å². The van der Waals surface area contributed by atoms with Gasteiger partial charge in [0.1, 0.15) is 6.61 Å². The summed E-state index contributed by atoms with van der Waals surface area (Å²) >= 11 is 0. The average Bonchev–Trinajstić information content (AvgIpc) is 3.42. The van der Waals surface area contributed by atoms with Crippen molar-refractivity contribution in [3.8, 4) is 11.1 Å². The predicted octanol–water partition coefficient (Wildman–Crippen LogP) is 2.67. The van der Waals surface area contributed by atoms with Crippen molar-refractivity contribution in [3.63, 3.8) is 0 Å². The van der Waals surface area contributed by atoms with Crippen LogP contribution in [0.1, 0.15) is 46.6 Å². The molecule has 3 aromatic rings. The summed E-state index contributed by atoms with van der Waals surface area (Å²) < 4.78 is 10.5. The lowest BCUT2D eigenvalue weighted by Gasteiger charge is -2.20. The van der Waals surface area contributed by atoms with Gasteiger partial charge in [0, 0.05) is 18.5 Å².